The molecule has 1 unspecified atom stereocenters. The van der Waals surface area contributed by atoms with E-state index in [0.29, 0.717) is 10.8 Å². The van der Waals surface area contributed by atoms with E-state index in [1.165, 1.54) is 39.0 Å². The molecular formula is C15H30N2. The zero-order valence-electron chi connectivity index (χ0n) is 12.3. The lowest BCUT2D eigenvalue weighted by Gasteiger charge is -2.17. The summed E-state index contributed by atoms with van der Waals surface area (Å²) in [4.78, 5) is 2.68. The molecule has 1 heterocycles. The van der Waals surface area contributed by atoms with E-state index < -0.39 is 0 Å². The van der Waals surface area contributed by atoms with Crippen molar-refractivity contribution in [3.8, 4) is 0 Å². The minimum atomic E-state index is 0.544. The van der Waals surface area contributed by atoms with E-state index in [1.807, 2.05) is 0 Å². The number of nitrogens with zero attached hydrogens (tertiary/aromatic N) is 1. The lowest BCUT2D eigenvalue weighted by Crippen LogP contribution is -2.34. The first kappa shape index (κ1) is 13.4. The highest BCUT2D eigenvalue weighted by Crippen LogP contribution is 2.68. The summed E-state index contributed by atoms with van der Waals surface area (Å²) < 4.78 is 0. The van der Waals surface area contributed by atoms with Gasteiger partial charge in [0.25, 0.3) is 0 Å². The van der Waals surface area contributed by atoms with Gasteiger partial charge in [-0.15, -0.1) is 0 Å². The molecule has 2 fully saturated rings. The van der Waals surface area contributed by atoms with Crippen molar-refractivity contribution >= 4 is 0 Å². The molecule has 0 spiro atoms. The first-order valence-corrected chi connectivity index (χ1v) is 7.35. The van der Waals surface area contributed by atoms with Gasteiger partial charge in [0.2, 0.25) is 0 Å². The summed E-state index contributed by atoms with van der Waals surface area (Å²) in [5, 5.41) is 3.65. The van der Waals surface area contributed by atoms with Crippen LogP contribution in [0.4, 0.5) is 0 Å². The van der Waals surface area contributed by atoms with Crippen LogP contribution in [0.5, 0.6) is 0 Å². The average Bonchev–Trinajstić information content (AvgIpc) is 2.63. The van der Waals surface area contributed by atoms with Gasteiger partial charge in [0.1, 0.15) is 0 Å². The van der Waals surface area contributed by atoms with Crippen LogP contribution >= 0.6 is 0 Å². The molecule has 0 amide bonds. The van der Waals surface area contributed by atoms with E-state index in [1.54, 1.807) is 0 Å². The summed E-state index contributed by atoms with van der Waals surface area (Å²) in [5.74, 6) is 0.889. The molecule has 100 valence electrons. The zero-order chi connectivity index (χ0) is 12.7. The molecule has 0 bridgehead atoms. The molecule has 2 nitrogen and oxygen atoms in total. The summed E-state index contributed by atoms with van der Waals surface area (Å²) in [6.07, 6.45) is 2.59. The van der Waals surface area contributed by atoms with Crippen LogP contribution in [-0.4, -0.2) is 37.1 Å². The highest BCUT2D eigenvalue weighted by atomic mass is 15.2. The molecule has 0 aromatic rings. The van der Waals surface area contributed by atoms with Crippen LogP contribution in [0.3, 0.4) is 0 Å². The Balaban J connectivity index is 1.76. The molecule has 2 heteroatoms. The predicted octanol–water partition coefficient (Wildman–Crippen LogP) is 2.74. The fourth-order valence-electron chi connectivity index (χ4n) is 3.56. The van der Waals surface area contributed by atoms with Gasteiger partial charge < -0.3 is 10.2 Å². The molecule has 1 saturated carbocycles. The molecule has 2 rings (SSSR count). The normalized spacial score (nSPS) is 31.9. The molecule has 1 saturated heterocycles. The Morgan fingerprint density at radius 2 is 1.82 bits per heavy atom. The summed E-state index contributed by atoms with van der Waals surface area (Å²) >= 11 is 0. The molecule has 1 N–H and O–H groups in total. The summed E-state index contributed by atoms with van der Waals surface area (Å²) in [6, 6.07) is 0.750. The van der Waals surface area contributed by atoms with Crippen molar-refractivity contribution in [2.45, 2.75) is 53.5 Å². The van der Waals surface area contributed by atoms with Crippen LogP contribution in [-0.2, 0) is 0 Å². The van der Waals surface area contributed by atoms with E-state index in [9.17, 15) is 0 Å². The third kappa shape index (κ3) is 2.39. The van der Waals surface area contributed by atoms with Crippen molar-refractivity contribution in [3.63, 3.8) is 0 Å². The van der Waals surface area contributed by atoms with E-state index >= 15 is 0 Å². The van der Waals surface area contributed by atoms with Gasteiger partial charge >= 0.3 is 0 Å². The van der Waals surface area contributed by atoms with Crippen molar-refractivity contribution in [1.82, 2.24) is 10.2 Å². The molecule has 0 radical (unpaired) electrons. The molecule has 17 heavy (non-hydrogen) atoms. The molecule has 0 aromatic heterocycles. The molecule has 1 aliphatic heterocycles. The Labute approximate surface area is 107 Å². The van der Waals surface area contributed by atoms with E-state index in [2.05, 4.69) is 44.8 Å². The first-order chi connectivity index (χ1) is 7.89. The summed E-state index contributed by atoms with van der Waals surface area (Å²) in [6.45, 7) is 17.0. The van der Waals surface area contributed by atoms with Gasteiger partial charge in [0, 0.05) is 19.1 Å². The van der Waals surface area contributed by atoms with Gasteiger partial charge in [0.15, 0.2) is 0 Å². The lowest BCUT2D eigenvalue weighted by molar-refractivity contribution is 0.291. The highest BCUT2D eigenvalue weighted by molar-refractivity contribution is 5.13. The molecule has 1 aliphatic carbocycles. The van der Waals surface area contributed by atoms with Gasteiger partial charge in [-0.1, -0.05) is 34.6 Å². The van der Waals surface area contributed by atoms with E-state index in [0.717, 1.165) is 12.0 Å². The summed E-state index contributed by atoms with van der Waals surface area (Å²) in [5.41, 5.74) is 1.09. The number of hydrogen-bond acceptors (Lipinski definition) is 2. The quantitative estimate of drug-likeness (QED) is 0.792. The Bertz CT molecular complexity index is 256. The SMILES string of the molecule is CCCNC1CCN(CC2C(C)(C)C2(C)C)C1. The van der Waals surface area contributed by atoms with Crippen molar-refractivity contribution in [3.05, 3.63) is 0 Å². The Morgan fingerprint density at radius 3 is 2.35 bits per heavy atom. The molecule has 2 aliphatic rings. The Hall–Kier alpha value is -0.0800. The van der Waals surface area contributed by atoms with Crippen LogP contribution < -0.4 is 5.32 Å². The fraction of sp³-hybridized carbons (Fsp3) is 1.00. The first-order valence-electron chi connectivity index (χ1n) is 7.35. The standard InChI is InChI=1S/C15H30N2/c1-6-8-16-12-7-9-17(10-12)11-13-14(2,3)15(13,4)5/h12-13,16H,6-11H2,1-5H3. The second kappa shape index (κ2) is 4.55. The smallest absolute Gasteiger partial charge is 0.0207 e. The van der Waals surface area contributed by atoms with Crippen molar-refractivity contribution in [2.75, 3.05) is 26.2 Å². The average molecular weight is 238 g/mol. The largest absolute Gasteiger partial charge is 0.313 e. The minimum Gasteiger partial charge on any atom is -0.313 e. The maximum Gasteiger partial charge on any atom is 0.0207 e. The van der Waals surface area contributed by atoms with Crippen LogP contribution in [0.15, 0.2) is 0 Å². The van der Waals surface area contributed by atoms with Crippen LogP contribution in [0.1, 0.15) is 47.5 Å². The number of nitrogens with one attached hydrogen (secondary N) is 1. The number of rotatable bonds is 5. The minimum absolute atomic E-state index is 0.544. The second-order valence-corrected chi connectivity index (χ2v) is 7.20. The predicted molar refractivity (Wildman–Crippen MR) is 74.2 cm³/mol. The molecule has 1 atom stereocenters. The monoisotopic (exact) mass is 238 g/mol. The van der Waals surface area contributed by atoms with E-state index in [-0.39, 0.29) is 0 Å². The van der Waals surface area contributed by atoms with Crippen molar-refractivity contribution in [2.24, 2.45) is 16.7 Å². The molecular weight excluding hydrogens is 208 g/mol. The van der Waals surface area contributed by atoms with Crippen LogP contribution in [0, 0.1) is 16.7 Å². The number of hydrogen-bond donors (Lipinski definition) is 1. The Kier molecular flexibility index (Phi) is 3.57. The third-order valence-corrected chi connectivity index (χ3v) is 5.72. The maximum atomic E-state index is 3.65. The zero-order valence-corrected chi connectivity index (χ0v) is 12.3. The van der Waals surface area contributed by atoms with Crippen LogP contribution in [0.25, 0.3) is 0 Å². The topological polar surface area (TPSA) is 15.3 Å². The van der Waals surface area contributed by atoms with Gasteiger partial charge in [-0.25, -0.2) is 0 Å². The number of likely N-dealkylation sites (tertiary alicyclic amines) is 1. The Morgan fingerprint density at radius 1 is 1.18 bits per heavy atom. The lowest BCUT2D eigenvalue weighted by atomic mass is 10.0. The van der Waals surface area contributed by atoms with Crippen molar-refractivity contribution in [1.29, 1.82) is 0 Å². The van der Waals surface area contributed by atoms with Gasteiger partial charge in [0.05, 0.1) is 0 Å². The van der Waals surface area contributed by atoms with Gasteiger partial charge in [-0.2, -0.15) is 0 Å². The highest BCUT2D eigenvalue weighted by Gasteiger charge is 2.64. The second-order valence-electron chi connectivity index (χ2n) is 7.20. The van der Waals surface area contributed by atoms with Crippen LogP contribution in [0.2, 0.25) is 0 Å². The van der Waals surface area contributed by atoms with Crippen molar-refractivity contribution < 1.29 is 0 Å². The van der Waals surface area contributed by atoms with E-state index in [4.69, 9.17) is 0 Å². The summed E-state index contributed by atoms with van der Waals surface area (Å²) in [7, 11) is 0. The third-order valence-electron chi connectivity index (χ3n) is 5.72. The van der Waals surface area contributed by atoms with Gasteiger partial charge in [-0.05, 0) is 42.7 Å². The van der Waals surface area contributed by atoms with Gasteiger partial charge in [-0.3, -0.25) is 0 Å². The maximum absolute atomic E-state index is 3.65. The molecule has 0 aromatic carbocycles. The fourth-order valence-corrected chi connectivity index (χ4v) is 3.56.